The molecule has 0 heterocycles. The molecule has 3 aromatic rings. The quantitative estimate of drug-likeness (QED) is 0.263. The van der Waals surface area contributed by atoms with Gasteiger partial charge in [0.25, 0.3) is 10.0 Å². The average molecular weight is 639 g/mol. The fourth-order valence-corrected chi connectivity index (χ4v) is 6.44. The fourth-order valence-electron chi connectivity index (χ4n) is 4.31. The molecule has 0 aromatic heterocycles. The molecule has 0 aliphatic heterocycles. The van der Waals surface area contributed by atoms with E-state index in [9.17, 15) is 18.0 Å². The summed E-state index contributed by atoms with van der Waals surface area (Å²) in [4.78, 5) is 29.0. The summed E-state index contributed by atoms with van der Waals surface area (Å²) in [6.07, 6.45) is 0.278. The zero-order valence-corrected chi connectivity index (χ0v) is 26.7. The van der Waals surface area contributed by atoms with Gasteiger partial charge in [-0.2, -0.15) is 0 Å². The third kappa shape index (κ3) is 8.16. The van der Waals surface area contributed by atoms with E-state index in [1.165, 1.54) is 17.0 Å². The number of carbonyl (C=O) groups excluding carboxylic acids is 2. The van der Waals surface area contributed by atoms with Crippen LogP contribution in [-0.4, -0.2) is 43.3 Å². The molecule has 1 atom stereocenters. The highest BCUT2D eigenvalue weighted by atomic mass is 35.5. The van der Waals surface area contributed by atoms with Gasteiger partial charge >= 0.3 is 0 Å². The maximum absolute atomic E-state index is 14.2. The molecule has 0 spiro atoms. The molecule has 2 amide bonds. The van der Waals surface area contributed by atoms with E-state index in [4.69, 9.17) is 34.8 Å². The Bertz CT molecular complexity index is 1510. The van der Waals surface area contributed by atoms with Crippen LogP contribution in [0.25, 0.3) is 0 Å². The maximum Gasteiger partial charge on any atom is 0.264 e. The Balaban J connectivity index is 2.13. The van der Waals surface area contributed by atoms with Crippen LogP contribution < -0.4 is 9.62 Å². The number of hydrogen-bond acceptors (Lipinski definition) is 4. The van der Waals surface area contributed by atoms with E-state index in [0.717, 1.165) is 4.31 Å². The Morgan fingerprint density at radius 2 is 1.59 bits per heavy atom. The predicted octanol–water partition coefficient (Wildman–Crippen LogP) is 6.87. The van der Waals surface area contributed by atoms with Crippen LogP contribution in [0, 0.1) is 6.92 Å². The smallest absolute Gasteiger partial charge is 0.264 e. The van der Waals surface area contributed by atoms with Crippen molar-refractivity contribution in [3.63, 3.8) is 0 Å². The molecule has 3 aromatic carbocycles. The molecule has 41 heavy (non-hydrogen) atoms. The molecule has 1 unspecified atom stereocenters. The van der Waals surface area contributed by atoms with Crippen molar-refractivity contribution in [1.82, 2.24) is 10.2 Å². The first-order chi connectivity index (χ1) is 19.2. The number of anilines is 1. The number of benzene rings is 3. The summed E-state index contributed by atoms with van der Waals surface area (Å²) in [5.74, 6) is -0.958. The van der Waals surface area contributed by atoms with Crippen LogP contribution in [0.5, 0.6) is 0 Å². The summed E-state index contributed by atoms with van der Waals surface area (Å²) in [6.45, 7) is 8.38. The van der Waals surface area contributed by atoms with Crippen molar-refractivity contribution in [1.29, 1.82) is 0 Å². The second-order valence-electron chi connectivity index (χ2n) is 10.6. The number of carbonyl (C=O) groups is 2. The molecule has 0 bridgehead atoms. The number of hydrogen-bond donors (Lipinski definition) is 1. The first kappa shape index (κ1) is 32.7. The molecule has 0 fully saturated rings. The zero-order valence-electron chi connectivity index (χ0n) is 23.6. The zero-order chi connectivity index (χ0) is 30.5. The van der Waals surface area contributed by atoms with Crippen LogP contribution in [0.15, 0.2) is 71.6 Å². The van der Waals surface area contributed by atoms with E-state index in [1.807, 2.05) is 20.8 Å². The van der Waals surface area contributed by atoms with Crippen molar-refractivity contribution in [2.24, 2.45) is 0 Å². The topological polar surface area (TPSA) is 86.8 Å². The molecule has 0 aliphatic carbocycles. The van der Waals surface area contributed by atoms with Gasteiger partial charge in [0, 0.05) is 27.2 Å². The number of amides is 2. The molecule has 0 saturated heterocycles. The Kier molecular flexibility index (Phi) is 10.7. The lowest BCUT2D eigenvalue weighted by atomic mass is 10.1. The Labute approximate surface area is 257 Å². The Morgan fingerprint density at radius 3 is 2.17 bits per heavy atom. The highest BCUT2D eigenvalue weighted by molar-refractivity contribution is 7.92. The second kappa shape index (κ2) is 13.5. The van der Waals surface area contributed by atoms with Gasteiger partial charge in [-0.3, -0.25) is 13.9 Å². The molecule has 220 valence electrons. The van der Waals surface area contributed by atoms with E-state index in [0.29, 0.717) is 26.2 Å². The standard InChI is InChI=1S/C30H34Cl3N3O4S/c1-6-26(29(38)34-30(3,4)5)35(18-21-15-16-22(31)17-25(21)33)28(37)19-36(27-14-10-13-24(32)20(27)2)41(39,40)23-11-8-7-9-12-23/h7-17,26H,6,18-19H2,1-5H3,(H,34,38). The summed E-state index contributed by atoms with van der Waals surface area (Å²) in [5.41, 5.74) is 0.748. The van der Waals surface area contributed by atoms with Crippen molar-refractivity contribution in [3.05, 3.63) is 92.9 Å². The largest absolute Gasteiger partial charge is 0.350 e. The highest BCUT2D eigenvalue weighted by Crippen LogP contribution is 2.32. The first-order valence-corrected chi connectivity index (χ1v) is 15.6. The summed E-state index contributed by atoms with van der Waals surface area (Å²) in [6, 6.07) is 16.7. The van der Waals surface area contributed by atoms with Crippen LogP contribution >= 0.6 is 34.8 Å². The average Bonchev–Trinajstić information content (AvgIpc) is 2.89. The van der Waals surface area contributed by atoms with Gasteiger partial charge in [-0.25, -0.2) is 8.42 Å². The minimum absolute atomic E-state index is 0.0111. The van der Waals surface area contributed by atoms with E-state index in [1.54, 1.807) is 68.4 Å². The van der Waals surface area contributed by atoms with E-state index >= 15 is 0 Å². The number of nitrogens with zero attached hydrogens (tertiary/aromatic N) is 2. The number of nitrogens with one attached hydrogen (secondary N) is 1. The summed E-state index contributed by atoms with van der Waals surface area (Å²) >= 11 is 18.9. The van der Waals surface area contributed by atoms with Gasteiger partial charge in [0.05, 0.1) is 10.6 Å². The van der Waals surface area contributed by atoms with E-state index < -0.39 is 34.1 Å². The van der Waals surface area contributed by atoms with Crippen molar-refractivity contribution in [2.75, 3.05) is 10.8 Å². The second-order valence-corrected chi connectivity index (χ2v) is 13.7. The molecule has 1 N–H and O–H groups in total. The van der Waals surface area contributed by atoms with Gasteiger partial charge in [0.15, 0.2) is 0 Å². The van der Waals surface area contributed by atoms with Gasteiger partial charge in [0.2, 0.25) is 11.8 Å². The van der Waals surface area contributed by atoms with Crippen molar-refractivity contribution >= 4 is 62.3 Å². The number of halogens is 3. The molecule has 0 saturated carbocycles. The van der Waals surface area contributed by atoms with Crippen LogP contribution in [0.4, 0.5) is 5.69 Å². The van der Waals surface area contributed by atoms with E-state index in [-0.39, 0.29) is 29.5 Å². The lowest BCUT2D eigenvalue weighted by Gasteiger charge is -2.35. The summed E-state index contributed by atoms with van der Waals surface area (Å²) in [5, 5.41) is 4.03. The lowest BCUT2D eigenvalue weighted by Crippen LogP contribution is -2.55. The minimum atomic E-state index is -4.21. The third-order valence-corrected chi connectivity index (χ3v) is 9.13. The predicted molar refractivity (Wildman–Crippen MR) is 166 cm³/mol. The maximum atomic E-state index is 14.2. The van der Waals surface area contributed by atoms with Crippen LogP contribution in [0.2, 0.25) is 15.1 Å². The monoisotopic (exact) mass is 637 g/mol. The van der Waals surface area contributed by atoms with E-state index in [2.05, 4.69) is 5.32 Å². The van der Waals surface area contributed by atoms with Gasteiger partial charge in [0.1, 0.15) is 12.6 Å². The molecule has 0 aliphatic rings. The minimum Gasteiger partial charge on any atom is -0.350 e. The summed E-state index contributed by atoms with van der Waals surface area (Å²) in [7, 11) is -4.21. The lowest BCUT2D eigenvalue weighted by molar-refractivity contribution is -0.141. The fraction of sp³-hybridized carbons (Fsp3) is 0.333. The number of sulfonamides is 1. The van der Waals surface area contributed by atoms with Crippen molar-refractivity contribution in [3.8, 4) is 0 Å². The highest BCUT2D eigenvalue weighted by Gasteiger charge is 2.35. The van der Waals surface area contributed by atoms with Gasteiger partial charge in [-0.15, -0.1) is 0 Å². The van der Waals surface area contributed by atoms with Gasteiger partial charge < -0.3 is 10.2 Å². The summed E-state index contributed by atoms with van der Waals surface area (Å²) < 4.78 is 29.0. The molecular formula is C30H34Cl3N3O4S. The first-order valence-electron chi connectivity index (χ1n) is 13.0. The van der Waals surface area contributed by atoms with Crippen molar-refractivity contribution < 1.29 is 18.0 Å². The Hall–Kier alpha value is -2.78. The normalized spacial score (nSPS) is 12.5. The third-order valence-electron chi connectivity index (χ3n) is 6.36. The number of rotatable bonds is 10. The SMILES string of the molecule is CCC(C(=O)NC(C)(C)C)N(Cc1ccc(Cl)cc1Cl)C(=O)CN(c1cccc(Cl)c1C)S(=O)(=O)c1ccccc1. The van der Waals surface area contributed by atoms with Crippen LogP contribution in [0.1, 0.15) is 45.2 Å². The molecule has 3 rings (SSSR count). The van der Waals surface area contributed by atoms with Gasteiger partial charge in [-0.05, 0) is 81.6 Å². The Morgan fingerprint density at radius 1 is 0.927 bits per heavy atom. The molecule has 0 radical (unpaired) electrons. The van der Waals surface area contributed by atoms with Crippen LogP contribution in [0.3, 0.4) is 0 Å². The molecule has 11 heteroatoms. The van der Waals surface area contributed by atoms with Gasteiger partial charge in [-0.1, -0.05) is 72.1 Å². The van der Waals surface area contributed by atoms with Crippen LogP contribution in [-0.2, 0) is 26.2 Å². The molecule has 7 nitrogen and oxygen atoms in total. The molecular weight excluding hydrogens is 605 g/mol. The van der Waals surface area contributed by atoms with Crippen molar-refractivity contribution in [2.45, 2.75) is 64.1 Å².